The fourth-order valence-corrected chi connectivity index (χ4v) is 1.99. The van der Waals surface area contributed by atoms with Crippen molar-refractivity contribution in [3.05, 3.63) is 23.8 Å². The zero-order valence-corrected chi connectivity index (χ0v) is 12.3. The molecule has 0 bridgehead atoms. The van der Waals surface area contributed by atoms with Crippen molar-refractivity contribution >= 4 is 29.0 Å². The molecule has 1 amide bonds. The zero-order valence-electron chi connectivity index (χ0n) is 11.5. The van der Waals surface area contributed by atoms with E-state index in [-0.39, 0.29) is 27.8 Å². The van der Waals surface area contributed by atoms with Crippen LogP contribution >= 0.6 is 11.8 Å². The number of halogens is 3. The topological polar surface area (TPSA) is 55.1 Å². The van der Waals surface area contributed by atoms with Crippen LogP contribution in [0, 0.1) is 0 Å². The molecule has 0 atom stereocenters. The van der Waals surface area contributed by atoms with Crippen LogP contribution in [0.1, 0.15) is 26.3 Å². The first kappa shape index (κ1) is 16.7. The molecule has 0 fully saturated rings. The van der Waals surface area contributed by atoms with E-state index >= 15 is 0 Å². The standard InChI is InChI=1S/C13H17F3N2OS/c1-12(2,3)20-7-11(19)18-8-4-5-10(17)9(6-8)13(14,15)16/h4-6H,7,17H2,1-3H3,(H,18,19). The second-order valence-electron chi connectivity index (χ2n) is 5.25. The molecule has 0 spiro atoms. The highest BCUT2D eigenvalue weighted by molar-refractivity contribution is 8.01. The number of rotatable bonds is 3. The Morgan fingerprint density at radius 3 is 2.40 bits per heavy atom. The predicted molar refractivity (Wildman–Crippen MR) is 76.7 cm³/mol. The summed E-state index contributed by atoms with van der Waals surface area (Å²) in [6.45, 7) is 5.86. The molecule has 1 aromatic carbocycles. The molecule has 1 rings (SSSR count). The van der Waals surface area contributed by atoms with Crippen LogP contribution in [-0.2, 0) is 11.0 Å². The summed E-state index contributed by atoms with van der Waals surface area (Å²) in [6.07, 6.45) is -4.54. The van der Waals surface area contributed by atoms with E-state index in [1.165, 1.54) is 17.8 Å². The Bertz CT molecular complexity index is 495. The van der Waals surface area contributed by atoms with Gasteiger partial charge >= 0.3 is 6.18 Å². The largest absolute Gasteiger partial charge is 0.418 e. The van der Waals surface area contributed by atoms with Crippen LogP contribution in [0.15, 0.2) is 18.2 Å². The Balaban J connectivity index is 2.77. The van der Waals surface area contributed by atoms with Gasteiger partial charge in [0.05, 0.1) is 11.3 Å². The number of nitrogens with one attached hydrogen (secondary N) is 1. The summed E-state index contributed by atoms with van der Waals surface area (Å²) in [5.74, 6) is -0.169. The summed E-state index contributed by atoms with van der Waals surface area (Å²) < 4.78 is 37.9. The molecule has 0 aromatic heterocycles. The van der Waals surface area contributed by atoms with Crippen molar-refractivity contribution in [3.8, 4) is 0 Å². The number of alkyl halides is 3. The van der Waals surface area contributed by atoms with Gasteiger partial charge in [0, 0.05) is 16.1 Å². The van der Waals surface area contributed by atoms with Crippen LogP contribution in [0.2, 0.25) is 0 Å². The average molecular weight is 306 g/mol. The molecule has 1 aromatic rings. The lowest BCUT2D eigenvalue weighted by Gasteiger charge is -2.17. The van der Waals surface area contributed by atoms with E-state index in [0.717, 1.165) is 12.1 Å². The van der Waals surface area contributed by atoms with Crippen molar-refractivity contribution in [1.29, 1.82) is 0 Å². The summed E-state index contributed by atoms with van der Waals surface area (Å²) >= 11 is 1.41. The summed E-state index contributed by atoms with van der Waals surface area (Å²) in [5.41, 5.74) is 4.07. The Kier molecular flexibility index (Phi) is 4.96. The van der Waals surface area contributed by atoms with Crippen molar-refractivity contribution < 1.29 is 18.0 Å². The number of hydrogen-bond donors (Lipinski definition) is 2. The monoisotopic (exact) mass is 306 g/mol. The van der Waals surface area contributed by atoms with Crippen molar-refractivity contribution in [2.45, 2.75) is 31.7 Å². The fraction of sp³-hybridized carbons (Fsp3) is 0.462. The van der Waals surface area contributed by atoms with Crippen molar-refractivity contribution in [3.63, 3.8) is 0 Å². The van der Waals surface area contributed by atoms with Crippen LogP contribution in [-0.4, -0.2) is 16.4 Å². The van der Waals surface area contributed by atoms with Gasteiger partial charge < -0.3 is 11.1 Å². The van der Waals surface area contributed by atoms with Crippen molar-refractivity contribution in [1.82, 2.24) is 0 Å². The molecule has 3 nitrogen and oxygen atoms in total. The summed E-state index contributed by atoms with van der Waals surface area (Å²) in [7, 11) is 0. The number of thioether (sulfide) groups is 1. The van der Waals surface area contributed by atoms with Gasteiger partial charge in [-0.05, 0) is 18.2 Å². The van der Waals surface area contributed by atoms with Crippen LogP contribution in [0.3, 0.4) is 0 Å². The molecule has 0 radical (unpaired) electrons. The van der Waals surface area contributed by atoms with E-state index in [4.69, 9.17) is 5.73 Å². The van der Waals surface area contributed by atoms with Crippen LogP contribution in [0.5, 0.6) is 0 Å². The Morgan fingerprint density at radius 2 is 1.90 bits per heavy atom. The van der Waals surface area contributed by atoms with Gasteiger partial charge in [-0.2, -0.15) is 13.2 Å². The molecule has 0 saturated heterocycles. The molecule has 20 heavy (non-hydrogen) atoms. The van der Waals surface area contributed by atoms with E-state index in [1.807, 2.05) is 20.8 Å². The molecule has 0 heterocycles. The van der Waals surface area contributed by atoms with Gasteiger partial charge in [0.15, 0.2) is 0 Å². The minimum Gasteiger partial charge on any atom is -0.398 e. The van der Waals surface area contributed by atoms with Crippen LogP contribution in [0.25, 0.3) is 0 Å². The van der Waals surface area contributed by atoms with Gasteiger partial charge in [-0.3, -0.25) is 4.79 Å². The highest BCUT2D eigenvalue weighted by atomic mass is 32.2. The molecule has 7 heteroatoms. The third kappa shape index (κ3) is 5.32. The number of carbonyl (C=O) groups excluding carboxylic acids is 1. The number of amides is 1. The first-order chi connectivity index (χ1) is 8.99. The molecule has 0 unspecified atom stereocenters. The van der Waals surface area contributed by atoms with Gasteiger partial charge in [0.1, 0.15) is 0 Å². The SMILES string of the molecule is CC(C)(C)SCC(=O)Nc1ccc(N)c(C(F)(F)F)c1. The molecular weight excluding hydrogens is 289 g/mol. The van der Waals surface area contributed by atoms with E-state index in [1.54, 1.807) is 0 Å². The van der Waals surface area contributed by atoms with Gasteiger partial charge in [-0.25, -0.2) is 0 Å². The Hall–Kier alpha value is -1.37. The summed E-state index contributed by atoms with van der Waals surface area (Å²) in [4.78, 5) is 11.7. The van der Waals surface area contributed by atoms with Crippen LogP contribution in [0.4, 0.5) is 24.5 Å². The minimum absolute atomic E-state index is 0.0877. The zero-order chi connectivity index (χ0) is 15.6. The molecule has 0 aliphatic rings. The van der Waals surface area contributed by atoms with E-state index in [9.17, 15) is 18.0 Å². The lowest BCUT2D eigenvalue weighted by atomic mass is 10.1. The summed E-state index contributed by atoms with van der Waals surface area (Å²) in [6, 6.07) is 3.33. The number of nitrogens with two attached hydrogens (primary N) is 1. The maximum absolute atomic E-state index is 12.7. The Morgan fingerprint density at radius 1 is 1.30 bits per heavy atom. The quantitative estimate of drug-likeness (QED) is 0.836. The maximum Gasteiger partial charge on any atom is 0.418 e. The number of carbonyl (C=O) groups is 1. The maximum atomic E-state index is 12.7. The van der Waals surface area contributed by atoms with E-state index < -0.39 is 11.7 Å². The van der Waals surface area contributed by atoms with Gasteiger partial charge in [0.25, 0.3) is 0 Å². The summed E-state index contributed by atoms with van der Waals surface area (Å²) in [5, 5.41) is 2.44. The molecule has 3 N–H and O–H groups in total. The third-order valence-corrected chi connectivity index (χ3v) is 3.55. The number of hydrogen-bond acceptors (Lipinski definition) is 3. The second kappa shape index (κ2) is 5.95. The highest BCUT2D eigenvalue weighted by Gasteiger charge is 2.33. The first-order valence-corrected chi connectivity index (χ1v) is 6.88. The molecule has 0 saturated carbocycles. The molecular formula is C13H17F3N2OS. The van der Waals surface area contributed by atoms with E-state index in [2.05, 4.69) is 5.32 Å². The van der Waals surface area contributed by atoms with Gasteiger partial charge in [-0.1, -0.05) is 20.8 Å². The van der Waals surface area contributed by atoms with Crippen LogP contribution < -0.4 is 11.1 Å². The second-order valence-corrected chi connectivity index (χ2v) is 7.05. The first-order valence-electron chi connectivity index (χ1n) is 5.89. The lowest BCUT2D eigenvalue weighted by Crippen LogP contribution is -2.19. The highest BCUT2D eigenvalue weighted by Crippen LogP contribution is 2.35. The molecule has 0 aliphatic heterocycles. The smallest absolute Gasteiger partial charge is 0.398 e. The lowest BCUT2D eigenvalue weighted by molar-refractivity contribution is -0.136. The molecule has 112 valence electrons. The van der Waals surface area contributed by atoms with Gasteiger partial charge in [0.2, 0.25) is 5.91 Å². The normalized spacial score (nSPS) is 12.3. The fourth-order valence-electron chi connectivity index (χ4n) is 1.36. The van der Waals surface area contributed by atoms with Crippen molar-refractivity contribution in [2.24, 2.45) is 0 Å². The molecule has 0 aliphatic carbocycles. The predicted octanol–water partition coefficient (Wildman–Crippen LogP) is 3.76. The van der Waals surface area contributed by atoms with Gasteiger partial charge in [-0.15, -0.1) is 11.8 Å². The minimum atomic E-state index is -4.54. The van der Waals surface area contributed by atoms with E-state index in [0.29, 0.717) is 0 Å². The number of benzene rings is 1. The average Bonchev–Trinajstić information content (AvgIpc) is 2.27. The third-order valence-electron chi connectivity index (χ3n) is 2.28. The number of nitrogen functional groups attached to an aromatic ring is 1. The van der Waals surface area contributed by atoms with Crippen molar-refractivity contribution in [2.75, 3.05) is 16.8 Å². The Labute approximate surface area is 120 Å². The number of anilines is 2.